The molecule has 25 heavy (non-hydrogen) atoms. The first-order valence-corrected chi connectivity index (χ1v) is 9.52. The van der Waals surface area contributed by atoms with Crippen LogP contribution in [0.4, 0.5) is 0 Å². The Kier molecular flexibility index (Phi) is 3.77. The zero-order valence-corrected chi connectivity index (χ0v) is 14.4. The lowest BCUT2D eigenvalue weighted by molar-refractivity contribution is 0.0298. The van der Waals surface area contributed by atoms with E-state index in [0.29, 0.717) is 48.9 Å². The minimum atomic E-state index is -3.58. The number of sulfone groups is 1. The SMILES string of the molecule is COc1ccc2c(c1)S(=O)(=O)Cc1c-2n[nH]c1C(=O)N1CCOCC1. The Labute approximate surface area is 144 Å². The summed E-state index contributed by atoms with van der Waals surface area (Å²) in [5.41, 5.74) is 1.65. The van der Waals surface area contributed by atoms with E-state index in [9.17, 15) is 13.2 Å². The van der Waals surface area contributed by atoms with E-state index in [1.54, 1.807) is 17.0 Å². The van der Waals surface area contributed by atoms with Crippen molar-refractivity contribution >= 4 is 15.7 Å². The lowest BCUT2D eigenvalue weighted by atomic mass is 10.1. The fourth-order valence-electron chi connectivity index (χ4n) is 3.18. The number of hydrogen-bond acceptors (Lipinski definition) is 6. The fourth-order valence-corrected chi connectivity index (χ4v) is 4.79. The molecule has 0 atom stereocenters. The summed E-state index contributed by atoms with van der Waals surface area (Å²) in [7, 11) is -2.10. The maximum Gasteiger partial charge on any atom is 0.272 e. The molecule has 2 aliphatic heterocycles. The first kappa shape index (κ1) is 16.1. The number of morpholine rings is 1. The number of fused-ring (bicyclic) bond motifs is 3. The Balaban J connectivity index is 1.80. The van der Waals surface area contributed by atoms with Gasteiger partial charge in [-0.1, -0.05) is 0 Å². The smallest absolute Gasteiger partial charge is 0.272 e. The maximum atomic E-state index is 12.7. The number of methoxy groups -OCH3 is 1. The molecule has 0 aliphatic carbocycles. The van der Waals surface area contributed by atoms with Gasteiger partial charge in [-0.15, -0.1) is 0 Å². The van der Waals surface area contributed by atoms with Gasteiger partial charge in [0.25, 0.3) is 5.91 Å². The molecule has 132 valence electrons. The van der Waals surface area contributed by atoms with Crippen LogP contribution in [-0.2, 0) is 20.3 Å². The van der Waals surface area contributed by atoms with Crippen LogP contribution in [0, 0.1) is 0 Å². The van der Waals surface area contributed by atoms with Crippen molar-refractivity contribution in [2.75, 3.05) is 33.4 Å². The Bertz CT molecular complexity index is 945. The number of nitrogens with one attached hydrogen (secondary N) is 1. The number of H-pyrrole nitrogens is 1. The molecule has 0 saturated carbocycles. The average Bonchev–Trinajstić information content (AvgIpc) is 3.04. The number of ether oxygens (including phenoxy) is 2. The highest BCUT2D eigenvalue weighted by Crippen LogP contribution is 2.39. The Hall–Kier alpha value is -2.39. The molecule has 3 heterocycles. The van der Waals surface area contributed by atoms with E-state index in [4.69, 9.17) is 9.47 Å². The fraction of sp³-hybridized carbons (Fsp3) is 0.375. The van der Waals surface area contributed by atoms with Gasteiger partial charge in [-0.3, -0.25) is 9.89 Å². The van der Waals surface area contributed by atoms with Crippen molar-refractivity contribution < 1.29 is 22.7 Å². The standard InChI is InChI=1S/C16H17N3O5S/c1-23-10-2-3-11-13(8-10)25(21,22)9-12-14(11)17-18-15(12)16(20)19-4-6-24-7-5-19/h2-3,8H,4-7,9H2,1H3,(H,17,18). The molecule has 1 N–H and O–H groups in total. The van der Waals surface area contributed by atoms with Gasteiger partial charge in [0, 0.05) is 24.2 Å². The third-order valence-electron chi connectivity index (χ3n) is 4.49. The highest BCUT2D eigenvalue weighted by molar-refractivity contribution is 7.90. The van der Waals surface area contributed by atoms with Gasteiger partial charge >= 0.3 is 0 Å². The van der Waals surface area contributed by atoms with Gasteiger partial charge in [0.15, 0.2) is 9.84 Å². The van der Waals surface area contributed by atoms with Gasteiger partial charge in [0.05, 0.1) is 36.7 Å². The van der Waals surface area contributed by atoms with Crippen LogP contribution in [0.25, 0.3) is 11.3 Å². The summed E-state index contributed by atoms with van der Waals surface area (Å²) in [6, 6.07) is 4.83. The van der Waals surface area contributed by atoms with E-state index >= 15 is 0 Å². The van der Waals surface area contributed by atoms with Crippen LogP contribution in [0.15, 0.2) is 23.1 Å². The molecule has 2 aliphatic rings. The number of carbonyl (C=O) groups excluding carboxylic acids is 1. The number of carbonyl (C=O) groups is 1. The molecule has 0 spiro atoms. The predicted octanol–water partition coefficient (Wildman–Crippen LogP) is 0.845. The number of amides is 1. The first-order chi connectivity index (χ1) is 12.0. The largest absolute Gasteiger partial charge is 0.497 e. The molecule has 2 aromatic rings. The summed E-state index contributed by atoms with van der Waals surface area (Å²) in [5.74, 6) is -0.0418. The zero-order chi connectivity index (χ0) is 17.6. The van der Waals surface area contributed by atoms with Gasteiger partial charge in [-0.05, 0) is 18.2 Å². The second-order valence-corrected chi connectivity index (χ2v) is 7.91. The topological polar surface area (TPSA) is 102 Å². The van der Waals surface area contributed by atoms with Crippen LogP contribution in [0.1, 0.15) is 16.1 Å². The molecule has 1 saturated heterocycles. The quantitative estimate of drug-likeness (QED) is 0.849. The molecule has 4 rings (SSSR count). The van der Waals surface area contributed by atoms with Crippen LogP contribution >= 0.6 is 0 Å². The molecule has 0 unspecified atom stereocenters. The molecule has 1 aromatic carbocycles. The number of hydrogen-bond donors (Lipinski definition) is 1. The van der Waals surface area contributed by atoms with Gasteiger partial charge in [0.1, 0.15) is 11.4 Å². The zero-order valence-electron chi connectivity index (χ0n) is 13.6. The monoisotopic (exact) mass is 363 g/mol. The van der Waals surface area contributed by atoms with Crippen molar-refractivity contribution in [2.45, 2.75) is 10.6 Å². The van der Waals surface area contributed by atoms with Crippen molar-refractivity contribution in [2.24, 2.45) is 0 Å². The van der Waals surface area contributed by atoms with Crippen molar-refractivity contribution in [3.05, 3.63) is 29.5 Å². The molecule has 1 amide bonds. The number of benzene rings is 1. The third kappa shape index (κ3) is 2.59. The van der Waals surface area contributed by atoms with Crippen molar-refractivity contribution in [1.82, 2.24) is 15.1 Å². The Morgan fingerprint density at radius 1 is 1.32 bits per heavy atom. The van der Waals surface area contributed by atoms with Crippen LogP contribution in [0.3, 0.4) is 0 Å². The molecule has 0 bridgehead atoms. The maximum absolute atomic E-state index is 12.7. The summed E-state index contributed by atoms with van der Waals surface area (Å²) < 4.78 is 35.8. The number of rotatable bonds is 2. The lowest BCUT2D eigenvalue weighted by Crippen LogP contribution is -2.41. The second-order valence-electron chi connectivity index (χ2n) is 5.95. The minimum Gasteiger partial charge on any atom is -0.497 e. The summed E-state index contributed by atoms with van der Waals surface area (Å²) in [4.78, 5) is 14.6. The summed E-state index contributed by atoms with van der Waals surface area (Å²) in [6.45, 7) is 1.91. The molecular weight excluding hydrogens is 346 g/mol. The summed E-state index contributed by atoms with van der Waals surface area (Å²) in [5, 5.41) is 6.97. The normalized spacial score (nSPS) is 18.4. The minimum absolute atomic E-state index is 0.177. The van der Waals surface area contributed by atoms with Gasteiger partial charge in [-0.2, -0.15) is 5.10 Å². The van der Waals surface area contributed by atoms with E-state index in [1.807, 2.05) is 0 Å². The van der Waals surface area contributed by atoms with Gasteiger partial charge in [-0.25, -0.2) is 8.42 Å². The van der Waals surface area contributed by atoms with E-state index < -0.39 is 9.84 Å². The highest BCUT2D eigenvalue weighted by Gasteiger charge is 2.35. The average molecular weight is 363 g/mol. The molecule has 8 nitrogen and oxygen atoms in total. The Morgan fingerprint density at radius 3 is 2.80 bits per heavy atom. The van der Waals surface area contributed by atoms with E-state index in [0.717, 1.165) is 0 Å². The van der Waals surface area contributed by atoms with E-state index in [1.165, 1.54) is 13.2 Å². The van der Waals surface area contributed by atoms with Gasteiger partial charge in [0.2, 0.25) is 0 Å². The van der Waals surface area contributed by atoms with E-state index in [-0.39, 0.29) is 22.2 Å². The van der Waals surface area contributed by atoms with Crippen molar-refractivity contribution in [3.8, 4) is 17.0 Å². The van der Waals surface area contributed by atoms with Crippen LogP contribution < -0.4 is 4.74 Å². The predicted molar refractivity (Wildman–Crippen MR) is 88.2 cm³/mol. The number of aromatic nitrogens is 2. The molecule has 0 radical (unpaired) electrons. The van der Waals surface area contributed by atoms with Crippen LogP contribution in [0.2, 0.25) is 0 Å². The highest BCUT2D eigenvalue weighted by atomic mass is 32.2. The van der Waals surface area contributed by atoms with Crippen LogP contribution in [-0.4, -0.2) is 62.8 Å². The van der Waals surface area contributed by atoms with Gasteiger partial charge < -0.3 is 14.4 Å². The molecule has 1 fully saturated rings. The molecule has 1 aromatic heterocycles. The molecule has 9 heteroatoms. The van der Waals surface area contributed by atoms with E-state index in [2.05, 4.69) is 10.2 Å². The van der Waals surface area contributed by atoms with Crippen LogP contribution in [0.5, 0.6) is 5.75 Å². The summed E-state index contributed by atoms with van der Waals surface area (Å²) in [6.07, 6.45) is 0. The summed E-state index contributed by atoms with van der Waals surface area (Å²) >= 11 is 0. The molecular formula is C16H17N3O5S. The third-order valence-corrected chi connectivity index (χ3v) is 6.17. The Morgan fingerprint density at radius 2 is 2.08 bits per heavy atom. The van der Waals surface area contributed by atoms with Crippen molar-refractivity contribution in [1.29, 1.82) is 0 Å². The number of aromatic amines is 1. The second kappa shape index (κ2) is 5.85. The number of nitrogens with zero attached hydrogens (tertiary/aromatic N) is 2. The lowest BCUT2D eigenvalue weighted by Gasteiger charge is -2.27. The first-order valence-electron chi connectivity index (χ1n) is 7.86. The van der Waals surface area contributed by atoms with Crippen molar-refractivity contribution in [3.63, 3.8) is 0 Å².